The normalized spacial score (nSPS) is 11.6. The van der Waals surface area contributed by atoms with Gasteiger partial charge in [-0.05, 0) is 30.3 Å². The Bertz CT molecular complexity index is 712. The fraction of sp³-hybridized carbons (Fsp3) is 0. The van der Waals surface area contributed by atoms with Crippen molar-refractivity contribution in [1.82, 2.24) is 9.97 Å². The molecule has 0 atom stereocenters. The van der Waals surface area contributed by atoms with Gasteiger partial charge in [0.25, 0.3) is 0 Å². The minimum absolute atomic E-state index is 0.582. The average Bonchev–Trinajstić information content (AvgIpc) is 3.04. The van der Waals surface area contributed by atoms with Gasteiger partial charge in [-0.1, -0.05) is 12.1 Å². The molecule has 0 aliphatic rings. The van der Waals surface area contributed by atoms with Crippen LogP contribution in [-0.2, 0) is 0 Å². The molecule has 2 heterocycles. The summed E-state index contributed by atoms with van der Waals surface area (Å²) in [5, 5.41) is 10.00. The van der Waals surface area contributed by atoms with Crippen LogP contribution < -0.4 is 0 Å². The third kappa shape index (κ3) is 1.92. The predicted molar refractivity (Wildman–Crippen MR) is 73.9 cm³/mol. The quantitative estimate of drug-likeness (QED) is 0.706. The van der Waals surface area contributed by atoms with Gasteiger partial charge in [-0.15, -0.1) is 11.3 Å². The molecule has 86 valence electrons. The van der Waals surface area contributed by atoms with E-state index < -0.39 is 0 Å². The molecule has 0 unspecified atom stereocenters. The van der Waals surface area contributed by atoms with Crippen molar-refractivity contribution < 1.29 is 0 Å². The minimum Gasteiger partial charge on any atom is -0.362 e. The van der Waals surface area contributed by atoms with Crippen LogP contribution in [0.15, 0.2) is 42.6 Å². The Morgan fingerprint density at radius 2 is 2.17 bits per heavy atom. The number of thiazole rings is 1. The molecule has 1 aromatic carbocycles. The van der Waals surface area contributed by atoms with E-state index >= 15 is 0 Å². The summed E-state index contributed by atoms with van der Waals surface area (Å²) < 4.78 is 1.10. The third-order valence-electron chi connectivity index (χ3n) is 2.57. The lowest BCUT2D eigenvalue weighted by Gasteiger charge is -1.91. The van der Waals surface area contributed by atoms with Gasteiger partial charge in [-0.3, -0.25) is 0 Å². The van der Waals surface area contributed by atoms with Crippen molar-refractivity contribution >= 4 is 33.2 Å². The molecule has 0 radical (unpaired) electrons. The Hall–Kier alpha value is -2.38. The first-order valence-electron chi connectivity index (χ1n) is 5.48. The zero-order valence-electron chi connectivity index (χ0n) is 9.42. The van der Waals surface area contributed by atoms with Crippen LogP contribution in [0.1, 0.15) is 10.7 Å². The van der Waals surface area contributed by atoms with Crippen LogP contribution >= 0.6 is 11.3 Å². The zero-order chi connectivity index (χ0) is 12.4. The second-order valence-electron chi connectivity index (χ2n) is 3.78. The van der Waals surface area contributed by atoms with Crippen LogP contribution in [0.3, 0.4) is 0 Å². The number of H-pyrrole nitrogens is 1. The maximum Gasteiger partial charge on any atom is 0.135 e. The van der Waals surface area contributed by atoms with Gasteiger partial charge in [0.15, 0.2) is 0 Å². The van der Waals surface area contributed by atoms with Gasteiger partial charge in [0, 0.05) is 11.9 Å². The molecule has 1 N–H and O–H groups in total. The van der Waals surface area contributed by atoms with Crippen LogP contribution in [0.4, 0.5) is 0 Å². The number of rotatable bonds is 2. The smallest absolute Gasteiger partial charge is 0.135 e. The number of allylic oxidation sites excluding steroid dienone is 1. The molecule has 18 heavy (non-hydrogen) atoms. The molecule has 0 fully saturated rings. The first-order chi connectivity index (χ1) is 8.86. The summed E-state index contributed by atoms with van der Waals surface area (Å²) in [5.74, 6) is 0. The summed E-state index contributed by atoms with van der Waals surface area (Å²) >= 11 is 1.54. The number of nitrogens with zero attached hydrogens (tertiary/aromatic N) is 2. The summed E-state index contributed by atoms with van der Waals surface area (Å²) in [6, 6.07) is 13.9. The topological polar surface area (TPSA) is 52.5 Å². The van der Waals surface area contributed by atoms with Gasteiger partial charge in [-0.2, -0.15) is 5.26 Å². The van der Waals surface area contributed by atoms with Crippen LogP contribution in [-0.4, -0.2) is 9.97 Å². The van der Waals surface area contributed by atoms with E-state index in [1.807, 2.05) is 48.7 Å². The SMILES string of the molecule is N#C/C(=C/c1ccc[nH]1)c1nc2ccccc2s1. The number of hydrogen-bond donors (Lipinski definition) is 1. The summed E-state index contributed by atoms with van der Waals surface area (Å²) in [6.07, 6.45) is 3.65. The van der Waals surface area contributed by atoms with E-state index in [0.29, 0.717) is 5.57 Å². The van der Waals surface area contributed by atoms with Crippen molar-refractivity contribution in [1.29, 1.82) is 5.26 Å². The van der Waals surface area contributed by atoms with Gasteiger partial charge in [0.2, 0.25) is 0 Å². The first-order valence-corrected chi connectivity index (χ1v) is 6.29. The van der Waals surface area contributed by atoms with Gasteiger partial charge >= 0.3 is 0 Å². The fourth-order valence-corrected chi connectivity index (χ4v) is 2.65. The van der Waals surface area contributed by atoms with Gasteiger partial charge < -0.3 is 4.98 Å². The molecule has 3 aromatic rings. The second-order valence-corrected chi connectivity index (χ2v) is 4.81. The molecule has 2 aromatic heterocycles. The van der Waals surface area contributed by atoms with Gasteiger partial charge in [0.1, 0.15) is 11.1 Å². The summed E-state index contributed by atoms with van der Waals surface area (Å²) in [7, 11) is 0. The number of nitrogens with one attached hydrogen (secondary N) is 1. The molecule has 4 heteroatoms. The molecular weight excluding hydrogens is 242 g/mol. The van der Waals surface area contributed by atoms with Crippen molar-refractivity contribution in [2.24, 2.45) is 0 Å². The number of para-hydroxylation sites is 1. The number of nitriles is 1. The van der Waals surface area contributed by atoms with Crippen LogP contribution in [0.25, 0.3) is 21.9 Å². The third-order valence-corrected chi connectivity index (χ3v) is 3.64. The molecule has 3 rings (SSSR count). The largest absolute Gasteiger partial charge is 0.362 e. The molecule has 0 saturated carbocycles. The van der Waals surface area contributed by atoms with E-state index in [2.05, 4.69) is 16.0 Å². The highest BCUT2D eigenvalue weighted by Crippen LogP contribution is 2.27. The number of hydrogen-bond acceptors (Lipinski definition) is 3. The Morgan fingerprint density at radius 1 is 1.28 bits per heavy atom. The standard InChI is InChI=1S/C14H9N3S/c15-9-10(8-11-4-3-7-16-11)14-17-12-5-1-2-6-13(12)18-14/h1-8,16H/b10-8-. The fourth-order valence-electron chi connectivity index (χ4n) is 1.72. The first kappa shape index (κ1) is 10.8. The van der Waals surface area contributed by atoms with E-state index in [0.717, 1.165) is 20.9 Å². The Morgan fingerprint density at radius 3 is 2.89 bits per heavy atom. The molecule has 0 spiro atoms. The highest BCUT2D eigenvalue weighted by molar-refractivity contribution is 7.19. The highest BCUT2D eigenvalue weighted by atomic mass is 32.1. The van der Waals surface area contributed by atoms with Crippen molar-refractivity contribution in [2.45, 2.75) is 0 Å². The number of aromatic nitrogens is 2. The maximum atomic E-state index is 9.24. The van der Waals surface area contributed by atoms with E-state index in [1.54, 1.807) is 0 Å². The highest BCUT2D eigenvalue weighted by Gasteiger charge is 2.08. The number of fused-ring (bicyclic) bond motifs is 1. The van der Waals surface area contributed by atoms with E-state index in [4.69, 9.17) is 0 Å². The summed E-state index contributed by atoms with van der Waals surface area (Å²) in [5.41, 5.74) is 2.43. The van der Waals surface area contributed by atoms with Crippen molar-refractivity contribution in [3.63, 3.8) is 0 Å². The molecule has 0 aliphatic heterocycles. The summed E-state index contributed by atoms with van der Waals surface area (Å²) in [4.78, 5) is 7.53. The Labute approximate surface area is 108 Å². The van der Waals surface area contributed by atoms with Crippen molar-refractivity contribution in [3.05, 3.63) is 53.3 Å². The lowest BCUT2D eigenvalue weighted by atomic mass is 10.2. The Balaban J connectivity index is 2.09. The molecule has 0 saturated heterocycles. The van der Waals surface area contributed by atoms with E-state index in [-0.39, 0.29) is 0 Å². The number of aromatic amines is 1. The zero-order valence-corrected chi connectivity index (χ0v) is 10.2. The van der Waals surface area contributed by atoms with E-state index in [9.17, 15) is 5.26 Å². The monoisotopic (exact) mass is 251 g/mol. The van der Waals surface area contributed by atoms with Crippen LogP contribution in [0, 0.1) is 11.3 Å². The van der Waals surface area contributed by atoms with Crippen molar-refractivity contribution in [2.75, 3.05) is 0 Å². The number of benzene rings is 1. The predicted octanol–water partition coefficient (Wildman–Crippen LogP) is 3.69. The van der Waals surface area contributed by atoms with Crippen molar-refractivity contribution in [3.8, 4) is 6.07 Å². The van der Waals surface area contributed by atoms with Gasteiger partial charge in [-0.25, -0.2) is 4.98 Å². The minimum atomic E-state index is 0.582. The lowest BCUT2D eigenvalue weighted by Crippen LogP contribution is -1.80. The Kier molecular flexibility index (Phi) is 2.67. The summed E-state index contributed by atoms with van der Waals surface area (Å²) in [6.45, 7) is 0. The second kappa shape index (κ2) is 4.47. The molecule has 0 bridgehead atoms. The molecule has 0 amide bonds. The van der Waals surface area contributed by atoms with Crippen LogP contribution in [0.5, 0.6) is 0 Å². The average molecular weight is 251 g/mol. The lowest BCUT2D eigenvalue weighted by molar-refractivity contribution is 1.37. The molecular formula is C14H9N3S. The molecule has 0 aliphatic carbocycles. The van der Waals surface area contributed by atoms with E-state index in [1.165, 1.54) is 11.3 Å². The van der Waals surface area contributed by atoms with Gasteiger partial charge in [0.05, 0.1) is 15.8 Å². The maximum absolute atomic E-state index is 9.24. The molecule has 3 nitrogen and oxygen atoms in total. The van der Waals surface area contributed by atoms with Crippen LogP contribution in [0.2, 0.25) is 0 Å².